The van der Waals surface area contributed by atoms with Crippen molar-refractivity contribution in [1.82, 2.24) is 24.3 Å². The molecule has 0 aliphatic rings. The number of aromatic nitrogens is 5. The number of hydrogen-bond acceptors (Lipinski definition) is 4. The molecular formula is C14H16ClN5O. The number of nitrogens with zero attached hydrogens (tertiary/aromatic N) is 5. The molecule has 0 aliphatic heterocycles. The zero-order valence-electron chi connectivity index (χ0n) is 11.9. The molecule has 1 unspecified atom stereocenters. The third kappa shape index (κ3) is 2.58. The van der Waals surface area contributed by atoms with Crippen LogP contribution in [-0.2, 0) is 12.4 Å². The van der Waals surface area contributed by atoms with E-state index in [0.29, 0.717) is 11.8 Å². The van der Waals surface area contributed by atoms with Gasteiger partial charge < -0.3 is 9.30 Å². The molecule has 0 aliphatic carbocycles. The van der Waals surface area contributed by atoms with Gasteiger partial charge in [0.25, 0.3) is 0 Å². The lowest BCUT2D eigenvalue weighted by molar-refractivity contribution is 0.396. The Morgan fingerprint density at radius 2 is 2.19 bits per heavy atom. The molecule has 0 saturated heterocycles. The van der Waals surface area contributed by atoms with Crippen molar-refractivity contribution in [2.75, 3.05) is 7.11 Å². The van der Waals surface area contributed by atoms with Crippen molar-refractivity contribution in [1.29, 1.82) is 0 Å². The van der Waals surface area contributed by atoms with Crippen LogP contribution in [0.25, 0.3) is 11.2 Å². The first-order chi connectivity index (χ1) is 10.2. The summed E-state index contributed by atoms with van der Waals surface area (Å²) >= 11 is 6.04. The molecule has 110 valence electrons. The number of rotatable bonds is 5. The van der Waals surface area contributed by atoms with E-state index in [2.05, 4.69) is 22.0 Å². The summed E-state index contributed by atoms with van der Waals surface area (Å²) in [5, 5.41) is 4.24. The van der Waals surface area contributed by atoms with E-state index in [1.807, 2.05) is 27.6 Å². The standard InChI is InChI=1S/C14H16ClN5O/c1-10(9-19-7-3-6-16-19)20-12(8-15)17-11-4-5-13(21-2)18-14(11)20/h3-7,10H,8-9H2,1-2H3. The van der Waals surface area contributed by atoms with Gasteiger partial charge in [-0.3, -0.25) is 4.68 Å². The average Bonchev–Trinajstić information content (AvgIpc) is 3.12. The van der Waals surface area contributed by atoms with Crippen molar-refractivity contribution in [3.63, 3.8) is 0 Å². The van der Waals surface area contributed by atoms with Crippen molar-refractivity contribution < 1.29 is 4.74 Å². The highest BCUT2D eigenvalue weighted by molar-refractivity contribution is 6.16. The second-order valence-corrected chi connectivity index (χ2v) is 5.07. The highest BCUT2D eigenvalue weighted by atomic mass is 35.5. The maximum Gasteiger partial charge on any atom is 0.215 e. The largest absolute Gasteiger partial charge is 0.481 e. The molecule has 1 atom stereocenters. The Kier molecular flexibility index (Phi) is 3.79. The number of methoxy groups -OCH3 is 1. The van der Waals surface area contributed by atoms with E-state index >= 15 is 0 Å². The van der Waals surface area contributed by atoms with Gasteiger partial charge in [-0.1, -0.05) is 0 Å². The van der Waals surface area contributed by atoms with Gasteiger partial charge >= 0.3 is 0 Å². The van der Waals surface area contributed by atoms with Gasteiger partial charge in [0, 0.05) is 18.5 Å². The van der Waals surface area contributed by atoms with E-state index in [9.17, 15) is 0 Å². The lowest BCUT2D eigenvalue weighted by atomic mass is 10.3. The minimum Gasteiger partial charge on any atom is -0.481 e. The van der Waals surface area contributed by atoms with Crippen LogP contribution in [0.4, 0.5) is 0 Å². The van der Waals surface area contributed by atoms with Crippen LogP contribution in [0.15, 0.2) is 30.6 Å². The summed E-state index contributed by atoms with van der Waals surface area (Å²) in [5.41, 5.74) is 1.60. The van der Waals surface area contributed by atoms with Crippen LogP contribution in [0.5, 0.6) is 5.88 Å². The molecule has 0 N–H and O–H groups in total. The Hall–Kier alpha value is -2.08. The fourth-order valence-electron chi connectivity index (χ4n) is 2.44. The summed E-state index contributed by atoms with van der Waals surface area (Å²) in [6.07, 6.45) is 3.70. The summed E-state index contributed by atoms with van der Waals surface area (Å²) in [7, 11) is 1.60. The summed E-state index contributed by atoms with van der Waals surface area (Å²) in [6, 6.07) is 5.73. The number of pyridine rings is 1. The molecule has 3 rings (SSSR count). The van der Waals surface area contributed by atoms with Gasteiger partial charge in [-0.15, -0.1) is 11.6 Å². The fraction of sp³-hybridized carbons (Fsp3) is 0.357. The number of alkyl halides is 1. The third-order valence-corrected chi connectivity index (χ3v) is 3.60. The Balaban J connectivity index is 2.05. The normalized spacial score (nSPS) is 12.7. The molecule has 3 aromatic rings. The minimum atomic E-state index is 0.128. The molecule has 0 spiro atoms. The van der Waals surface area contributed by atoms with Crippen LogP contribution in [0.1, 0.15) is 18.8 Å². The SMILES string of the molecule is COc1ccc2nc(CCl)n(C(C)Cn3cccn3)c2n1. The van der Waals surface area contributed by atoms with Crippen molar-refractivity contribution in [2.45, 2.75) is 25.4 Å². The number of halogens is 1. The van der Waals surface area contributed by atoms with E-state index < -0.39 is 0 Å². The molecule has 0 radical (unpaired) electrons. The first kappa shape index (κ1) is 13.9. The highest BCUT2D eigenvalue weighted by Crippen LogP contribution is 2.24. The molecule has 0 bridgehead atoms. The molecule has 7 heteroatoms. The van der Waals surface area contributed by atoms with E-state index in [1.54, 1.807) is 19.4 Å². The van der Waals surface area contributed by atoms with Gasteiger partial charge in [0.1, 0.15) is 11.3 Å². The molecule has 0 aromatic carbocycles. The lowest BCUT2D eigenvalue weighted by Gasteiger charge is -2.16. The molecule has 3 aromatic heterocycles. The Bertz CT molecular complexity index is 737. The predicted molar refractivity (Wildman–Crippen MR) is 80.6 cm³/mol. The number of ether oxygens (including phenoxy) is 1. The lowest BCUT2D eigenvalue weighted by Crippen LogP contribution is -2.16. The van der Waals surface area contributed by atoms with Crippen LogP contribution >= 0.6 is 11.6 Å². The average molecular weight is 306 g/mol. The Morgan fingerprint density at radius 3 is 2.86 bits per heavy atom. The number of imidazole rings is 1. The summed E-state index contributed by atoms with van der Waals surface area (Å²) < 4.78 is 9.13. The van der Waals surface area contributed by atoms with Gasteiger partial charge in [-0.2, -0.15) is 10.1 Å². The first-order valence-corrected chi connectivity index (χ1v) is 7.21. The van der Waals surface area contributed by atoms with Gasteiger partial charge in [-0.25, -0.2) is 4.98 Å². The molecule has 0 fully saturated rings. The van der Waals surface area contributed by atoms with Gasteiger partial charge in [0.15, 0.2) is 5.65 Å². The fourth-order valence-corrected chi connectivity index (χ4v) is 2.62. The quantitative estimate of drug-likeness (QED) is 0.680. The van der Waals surface area contributed by atoms with Crippen LogP contribution in [-0.4, -0.2) is 31.4 Å². The van der Waals surface area contributed by atoms with Crippen LogP contribution in [0.2, 0.25) is 0 Å². The van der Waals surface area contributed by atoms with Crippen LogP contribution in [0.3, 0.4) is 0 Å². The van der Waals surface area contributed by atoms with Gasteiger partial charge in [-0.05, 0) is 19.1 Å². The molecule has 3 heterocycles. The summed E-state index contributed by atoms with van der Waals surface area (Å²) in [5.74, 6) is 1.70. The Morgan fingerprint density at radius 1 is 1.33 bits per heavy atom. The molecular weight excluding hydrogens is 290 g/mol. The van der Waals surface area contributed by atoms with Gasteiger partial charge in [0.05, 0.1) is 25.6 Å². The minimum absolute atomic E-state index is 0.128. The molecule has 21 heavy (non-hydrogen) atoms. The van der Waals surface area contributed by atoms with Crippen molar-refractivity contribution in [3.8, 4) is 5.88 Å². The second-order valence-electron chi connectivity index (χ2n) is 4.81. The van der Waals surface area contributed by atoms with Gasteiger partial charge in [0.2, 0.25) is 5.88 Å². The van der Waals surface area contributed by atoms with Crippen molar-refractivity contribution in [3.05, 3.63) is 36.4 Å². The van der Waals surface area contributed by atoms with E-state index in [0.717, 1.165) is 23.5 Å². The monoisotopic (exact) mass is 305 g/mol. The maximum absolute atomic E-state index is 6.04. The second kappa shape index (κ2) is 5.73. The third-order valence-electron chi connectivity index (χ3n) is 3.36. The van der Waals surface area contributed by atoms with E-state index in [4.69, 9.17) is 16.3 Å². The van der Waals surface area contributed by atoms with Crippen LogP contribution < -0.4 is 4.74 Å². The summed E-state index contributed by atoms with van der Waals surface area (Å²) in [6.45, 7) is 2.82. The smallest absolute Gasteiger partial charge is 0.215 e. The summed E-state index contributed by atoms with van der Waals surface area (Å²) in [4.78, 5) is 9.04. The topological polar surface area (TPSA) is 57.8 Å². The first-order valence-electron chi connectivity index (χ1n) is 6.68. The van der Waals surface area contributed by atoms with Crippen molar-refractivity contribution in [2.24, 2.45) is 0 Å². The zero-order chi connectivity index (χ0) is 14.8. The van der Waals surface area contributed by atoms with E-state index in [-0.39, 0.29) is 6.04 Å². The number of hydrogen-bond donors (Lipinski definition) is 0. The van der Waals surface area contributed by atoms with E-state index in [1.165, 1.54) is 0 Å². The zero-order valence-corrected chi connectivity index (χ0v) is 12.7. The molecule has 6 nitrogen and oxygen atoms in total. The highest BCUT2D eigenvalue weighted by Gasteiger charge is 2.17. The van der Waals surface area contributed by atoms with Crippen molar-refractivity contribution >= 4 is 22.8 Å². The molecule has 0 saturated carbocycles. The van der Waals surface area contributed by atoms with Crippen LogP contribution in [0, 0.1) is 0 Å². The predicted octanol–water partition coefficient (Wildman–Crippen LogP) is 2.64. The maximum atomic E-state index is 6.04. The molecule has 0 amide bonds. The Labute approximate surface area is 127 Å². The number of fused-ring (bicyclic) bond motifs is 1.